The molecular weight excluding hydrogens is 310 g/mol. The van der Waals surface area contributed by atoms with E-state index in [1.165, 1.54) is 24.0 Å². The molecule has 2 aromatic rings. The number of ether oxygens (including phenoxy) is 1. The lowest BCUT2D eigenvalue weighted by Gasteiger charge is -2.16. The quantitative estimate of drug-likeness (QED) is 0.869. The van der Waals surface area contributed by atoms with Gasteiger partial charge in [-0.25, -0.2) is 4.79 Å². The largest absolute Gasteiger partial charge is 0.465 e. The number of anilines is 1. The van der Waals surface area contributed by atoms with E-state index in [2.05, 4.69) is 17.0 Å². The van der Waals surface area contributed by atoms with Crippen LogP contribution in [0.15, 0.2) is 30.3 Å². The third-order valence-corrected chi connectivity index (χ3v) is 5.35. The van der Waals surface area contributed by atoms with Gasteiger partial charge in [-0.15, -0.1) is 11.3 Å². The zero-order valence-electron chi connectivity index (χ0n) is 13.2. The molecule has 1 amide bonds. The molecule has 0 fully saturated rings. The van der Waals surface area contributed by atoms with Crippen LogP contribution in [0.5, 0.6) is 0 Å². The molecule has 1 aromatic heterocycles. The van der Waals surface area contributed by atoms with Crippen LogP contribution in [0.25, 0.3) is 0 Å². The fraction of sp³-hybridized carbons (Fsp3) is 0.333. The number of aryl methyl sites for hydroxylation is 1. The molecule has 3 rings (SSSR count). The third kappa shape index (κ3) is 3.45. The second kappa shape index (κ2) is 6.54. The van der Waals surface area contributed by atoms with Gasteiger partial charge in [0.25, 0.3) is 5.91 Å². The van der Waals surface area contributed by atoms with Crippen LogP contribution in [-0.2, 0) is 17.6 Å². The first-order valence-electron chi connectivity index (χ1n) is 7.68. The minimum atomic E-state index is -0.386. The van der Waals surface area contributed by atoms with E-state index in [1.807, 2.05) is 6.07 Å². The second-order valence-electron chi connectivity index (χ2n) is 5.93. The van der Waals surface area contributed by atoms with Gasteiger partial charge in [0, 0.05) is 10.6 Å². The van der Waals surface area contributed by atoms with E-state index in [9.17, 15) is 9.59 Å². The molecule has 1 N–H and O–H groups in total. The summed E-state index contributed by atoms with van der Waals surface area (Å²) in [6, 6.07) is 8.72. The summed E-state index contributed by atoms with van der Waals surface area (Å²) >= 11 is 1.59. The molecular formula is C18H19NO3S. The van der Waals surface area contributed by atoms with Crippen LogP contribution in [0.3, 0.4) is 0 Å². The molecule has 120 valence electrons. The van der Waals surface area contributed by atoms with Crippen molar-refractivity contribution in [2.24, 2.45) is 5.92 Å². The van der Waals surface area contributed by atoms with E-state index in [0.717, 1.165) is 17.7 Å². The van der Waals surface area contributed by atoms with Gasteiger partial charge < -0.3 is 10.1 Å². The monoisotopic (exact) mass is 329 g/mol. The Morgan fingerprint density at radius 1 is 1.26 bits per heavy atom. The standard InChI is InChI=1S/C18H19NO3S/c1-11-3-8-15-13(9-11)10-16(23-15)17(20)19-14-6-4-12(5-7-14)18(21)22-2/h4-7,10-11H,3,8-9H2,1-2H3,(H,19,20). The second-order valence-corrected chi connectivity index (χ2v) is 7.07. The Balaban J connectivity index is 1.71. The number of hydrogen-bond donors (Lipinski definition) is 1. The van der Waals surface area contributed by atoms with Crippen molar-refractivity contribution >= 4 is 28.9 Å². The van der Waals surface area contributed by atoms with Gasteiger partial charge in [0.15, 0.2) is 0 Å². The van der Waals surface area contributed by atoms with Crippen molar-refractivity contribution in [2.45, 2.75) is 26.2 Å². The predicted molar refractivity (Wildman–Crippen MR) is 91.2 cm³/mol. The summed E-state index contributed by atoms with van der Waals surface area (Å²) < 4.78 is 4.66. The number of hydrogen-bond acceptors (Lipinski definition) is 4. The van der Waals surface area contributed by atoms with Crippen molar-refractivity contribution in [2.75, 3.05) is 12.4 Å². The van der Waals surface area contributed by atoms with Crippen LogP contribution >= 0.6 is 11.3 Å². The molecule has 0 saturated heterocycles. The summed E-state index contributed by atoms with van der Waals surface area (Å²) in [5.74, 6) is 0.213. The molecule has 1 aliphatic rings. The average Bonchev–Trinajstić information content (AvgIpc) is 2.98. The summed E-state index contributed by atoms with van der Waals surface area (Å²) in [6.07, 6.45) is 3.33. The van der Waals surface area contributed by atoms with Gasteiger partial charge in [-0.2, -0.15) is 0 Å². The molecule has 23 heavy (non-hydrogen) atoms. The number of benzene rings is 1. The van der Waals surface area contributed by atoms with Crippen molar-refractivity contribution < 1.29 is 14.3 Å². The number of carbonyl (C=O) groups is 2. The Morgan fingerprint density at radius 3 is 2.70 bits per heavy atom. The zero-order chi connectivity index (χ0) is 16.4. The minimum absolute atomic E-state index is 0.0946. The van der Waals surface area contributed by atoms with E-state index < -0.39 is 0 Å². The number of methoxy groups -OCH3 is 1. The van der Waals surface area contributed by atoms with Crippen LogP contribution in [0.1, 0.15) is 43.8 Å². The van der Waals surface area contributed by atoms with Crippen LogP contribution in [0, 0.1) is 5.92 Å². The van der Waals surface area contributed by atoms with Crippen molar-refractivity contribution in [3.05, 3.63) is 51.2 Å². The lowest BCUT2D eigenvalue weighted by molar-refractivity contribution is 0.0600. The Hall–Kier alpha value is -2.14. The van der Waals surface area contributed by atoms with E-state index in [4.69, 9.17) is 0 Å². The molecule has 1 aliphatic carbocycles. The fourth-order valence-corrected chi connectivity index (χ4v) is 3.92. The number of nitrogens with one attached hydrogen (secondary N) is 1. The molecule has 0 aliphatic heterocycles. The van der Waals surface area contributed by atoms with Gasteiger partial charge in [-0.3, -0.25) is 4.79 Å². The molecule has 0 bridgehead atoms. The SMILES string of the molecule is COC(=O)c1ccc(NC(=O)c2cc3c(s2)CCC(C)C3)cc1. The highest BCUT2D eigenvalue weighted by Crippen LogP contribution is 2.32. The molecule has 0 saturated carbocycles. The average molecular weight is 329 g/mol. The molecule has 1 aromatic carbocycles. The molecule has 1 heterocycles. The molecule has 5 heteroatoms. The maximum Gasteiger partial charge on any atom is 0.337 e. The smallest absolute Gasteiger partial charge is 0.337 e. The van der Waals surface area contributed by atoms with Gasteiger partial charge >= 0.3 is 5.97 Å². The topological polar surface area (TPSA) is 55.4 Å². The summed E-state index contributed by atoms with van der Waals surface area (Å²) in [5.41, 5.74) is 2.45. The first-order chi connectivity index (χ1) is 11.1. The van der Waals surface area contributed by atoms with Gasteiger partial charge in [0.2, 0.25) is 0 Å². The summed E-state index contributed by atoms with van der Waals surface area (Å²) in [6.45, 7) is 2.25. The number of carbonyl (C=O) groups excluding carboxylic acids is 2. The van der Waals surface area contributed by atoms with E-state index in [0.29, 0.717) is 17.2 Å². The summed E-state index contributed by atoms with van der Waals surface area (Å²) in [7, 11) is 1.34. The van der Waals surface area contributed by atoms with E-state index in [1.54, 1.807) is 35.6 Å². The Kier molecular flexibility index (Phi) is 4.48. The molecule has 1 unspecified atom stereocenters. The number of thiophene rings is 1. The van der Waals surface area contributed by atoms with Crippen LogP contribution in [0.2, 0.25) is 0 Å². The van der Waals surface area contributed by atoms with Crippen molar-refractivity contribution in [3.8, 4) is 0 Å². The van der Waals surface area contributed by atoms with Crippen LogP contribution in [-0.4, -0.2) is 19.0 Å². The Morgan fingerprint density at radius 2 is 2.00 bits per heavy atom. The van der Waals surface area contributed by atoms with Crippen molar-refractivity contribution in [1.82, 2.24) is 0 Å². The Bertz CT molecular complexity index is 733. The van der Waals surface area contributed by atoms with Gasteiger partial charge in [0.05, 0.1) is 17.6 Å². The lowest BCUT2D eigenvalue weighted by atomic mass is 9.90. The molecule has 4 nitrogen and oxygen atoms in total. The third-order valence-electron chi connectivity index (χ3n) is 4.12. The first kappa shape index (κ1) is 15.7. The molecule has 0 radical (unpaired) electrons. The fourth-order valence-electron chi connectivity index (χ4n) is 2.82. The normalized spacial score (nSPS) is 16.5. The summed E-state index contributed by atoms with van der Waals surface area (Å²) in [5, 5.41) is 2.88. The predicted octanol–water partition coefficient (Wildman–Crippen LogP) is 3.91. The van der Waals surface area contributed by atoms with Crippen molar-refractivity contribution in [1.29, 1.82) is 0 Å². The van der Waals surface area contributed by atoms with Gasteiger partial charge in [0.1, 0.15) is 0 Å². The molecule has 1 atom stereocenters. The van der Waals surface area contributed by atoms with Gasteiger partial charge in [-0.1, -0.05) is 6.92 Å². The highest BCUT2D eigenvalue weighted by Gasteiger charge is 2.20. The number of rotatable bonds is 3. The maximum atomic E-state index is 12.4. The number of amides is 1. The zero-order valence-corrected chi connectivity index (χ0v) is 14.0. The van der Waals surface area contributed by atoms with Crippen LogP contribution in [0.4, 0.5) is 5.69 Å². The van der Waals surface area contributed by atoms with Crippen molar-refractivity contribution in [3.63, 3.8) is 0 Å². The lowest BCUT2D eigenvalue weighted by Crippen LogP contribution is -2.10. The first-order valence-corrected chi connectivity index (χ1v) is 8.50. The number of esters is 1. The molecule has 0 spiro atoms. The Labute approximate surface area is 139 Å². The van der Waals surface area contributed by atoms with E-state index >= 15 is 0 Å². The summed E-state index contributed by atoms with van der Waals surface area (Å²) in [4.78, 5) is 25.9. The maximum absolute atomic E-state index is 12.4. The van der Waals surface area contributed by atoms with Crippen LogP contribution < -0.4 is 5.32 Å². The highest BCUT2D eigenvalue weighted by molar-refractivity contribution is 7.14. The van der Waals surface area contributed by atoms with E-state index in [-0.39, 0.29) is 11.9 Å². The number of fused-ring (bicyclic) bond motifs is 1. The highest BCUT2D eigenvalue weighted by atomic mass is 32.1. The minimum Gasteiger partial charge on any atom is -0.465 e. The van der Waals surface area contributed by atoms with Gasteiger partial charge in [-0.05, 0) is 61.1 Å².